The molecule has 0 bridgehead atoms. The molecule has 0 fully saturated rings. The van der Waals surface area contributed by atoms with E-state index in [9.17, 15) is 0 Å². The fourth-order valence-electron chi connectivity index (χ4n) is 3.11. The van der Waals surface area contributed by atoms with Gasteiger partial charge in [-0.25, -0.2) is 0 Å². The molecule has 0 spiro atoms. The lowest BCUT2D eigenvalue weighted by molar-refractivity contribution is 0.562. The zero-order valence-corrected chi connectivity index (χ0v) is 14.2. The van der Waals surface area contributed by atoms with Gasteiger partial charge in [-0.05, 0) is 64.6 Å². The lowest BCUT2D eigenvalue weighted by Gasteiger charge is -2.35. The first kappa shape index (κ1) is 14.6. The Morgan fingerprint density at radius 3 is 2.76 bits per heavy atom. The number of anilines is 2. The van der Waals surface area contributed by atoms with Gasteiger partial charge in [0.2, 0.25) is 0 Å². The van der Waals surface area contributed by atoms with Gasteiger partial charge in [-0.15, -0.1) is 0 Å². The number of nitrogens with one attached hydrogen (secondary N) is 1. The smallest absolute Gasteiger partial charge is 0.0555 e. The van der Waals surface area contributed by atoms with Crippen molar-refractivity contribution >= 4 is 27.3 Å². The second-order valence-corrected chi connectivity index (χ2v) is 6.72. The molecule has 0 radical (unpaired) electrons. The molecule has 1 unspecified atom stereocenters. The van der Waals surface area contributed by atoms with Crippen LogP contribution in [0.1, 0.15) is 18.1 Å². The van der Waals surface area contributed by atoms with Crippen LogP contribution in [-0.4, -0.2) is 13.6 Å². The number of para-hydroxylation sites is 1. The number of rotatable bonds is 3. The monoisotopic (exact) mass is 344 g/mol. The van der Waals surface area contributed by atoms with E-state index in [0.717, 1.165) is 13.1 Å². The largest absolute Gasteiger partial charge is 0.340 e. The Morgan fingerprint density at radius 2 is 2.00 bits per heavy atom. The molecule has 0 saturated carbocycles. The number of nitrogens with zero attached hydrogens (tertiary/aromatic N) is 1. The van der Waals surface area contributed by atoms with Gasteiger partial charge in [0.25, 0.3) is 0 Å². The molecular formula is C18H21BrN2. The lowest BCUT2D eigenvalue weighted by atomic mass is 9.93. The van der Waals surface area contributed by atoms with E-state index in [-0.39, 0.29) is 0 Å². The van der Waals surface area contributed by atoms with Crippen LogP contribution in [-0.2, 0) is 13.0 Å². The Bertz CT molecular complexity index is 639. The van der Waals surface area contributed by atoms with Gasteiger partial charge in [0.1, 0.15) is 0 Å². The van der Waals surface area contributed by atoms with Crippen molar-refractivity contribution in [1.29, 1.82) is 0 Å². The zero-order chi connectivity index (χ0) is 14.8. The van der Waals surface area contributed by atoms with E-state index < -0.39 is 0 Å². The van der Waals surface area contributed by atoms with Crippen LogP contribution in [0.4, 0.5) is 11.4 Å². The van der Waals surface area contributed by atoms with E-state index >= 15 is 0 Å². The molecule has 2 nitrogen and oxygen atoms in total. The van der Waals surface area contributed by atoms with Gasteiger partial charge in [0.05, 0.1) is 5.69 Å². The first-order chi connectivity index (χ1) is 10.2. The minimum atomic E-state index is 0.670. The molecule has 3 rings (SSSR count). The van der Waals surface area contributed by atoms with Gasteiger partial charge < -0.3 is 10.2 Å². The molecule has 3 heteroatoms. The zero-order valence-electron chi connectivity index (χ0n) is 12.6. The van der Waals surface area contributed by atoms with Gasteiger partial charge in [-0.1, -0.05) is 31.2 Å². The van der Waals surface area contributed by atoms with E-state index in [2.05, 4.69) is 75.5 Å². The van der Waals surface area contributed by atoms with Crippen LogP contribution in [0.15, 0.2) is 46.9 Å². The first-order valence-corrected chi connectivity index (χ1v) is 8.27. The van der Waals surface area contributed by atoms with Gasteiger partial charge >= 0.3 is 0 Å². The summed E-state index contributed by atoms with van der Waals surface area (Å²) in [5.41, 5.74) is 5.35. The molecular weight excluding hydrogens is 324 g/mol. The van der Waals surface area contributed by atoms with Gasteiger partial charge in [0.15, 0.2) is 0 Å². The van der Waals surface area contributed by atoms with Crippen molar-refractivity contribution in [1.82, 2.24) is 5.32 Å². The predicted octanol–water partition coefficient (Wildman–Crippen LogP) is 4.50. The Labute approximate surface area is 135 Å². The van der Waals surface area contributed by atoms with Crippen LogP contribution in [0, 0.1) is 5.92 Å². The molecule has 0 aliphatic carbocycles. The predicted molar refractivity (Wildman–Crippen MR) is 93.2 cm³/mol. The lowest BCUT2D eigenvalue weighted by Crippen LogP contribution is -2.30. The molecule has 2 aromatic carbocycles. The number of fused-ring (bicyclic) bond motifs is 1. The summed E-state index contributed by atoms with van der Waals surface area (Å²) in [4.78, 5) is 2.44. The van der Waals surface area contributed by atoms with Crippen LogP contribution < -0.4 is 10.2 Å². The molecule has 0 saturated heterocycles. The molecule has 1 heterocycles. The summed E-state index contributed by atoms with van der Waals surface area (Å²) in [6.45, 7) is 4.29. The Balaban J connectivity index is 2.00. The van der Waals surface area contributed by atoms with Crippen LogP contribution in [0.5, 0.6) is 0 Å². The summed E-state index contributed by atoms with van der Waals surface area (Å²) in [7, 11) is 1.98. The molecule has 0 aromatic heterocycles. The topological polar surface area (TPSA) is 15.3 Å². The van der Waals surface area contributed by atoms with Crippen molar-refractivity contribution < 1.29 is 0 Å². The highest BCUT2D eigenvalue weighted by Crippen LogP contribution is 2.38. The summed E-state index contributed by atoms with van der Waals surface area (Å²) in [5, 5.41) is 3.20. The van der Waals surface area contributed by atoms with Crippen LogP contribution >= 0.6 is 15.9 Å². The maximum atomic E-state index is 3.76. The summed E-state index contributed by atoms with van der Waals surface area (Å²) < 4.78 is 1.17. The molecule has 1 N–H and O–H groups in total. The van der Waals surface area contributed by atoms with Gasteiger partial charge in [-0.3, -0.25) is 0 Å². The molecule has 1 aliphatic heterocycles. The fourth-order valence-corrected chi connectivity index (χ4v) is 3.75. The maximum Gasteiger partial charge on any atom is 0.0555 e. The van der Waals surface area contributed by atoms with Crippen molar-refractivity contribution in [3.8, 4) is 0 Å². The maximum absolute atomic E-state index is 3.76. The molecule has 1 aliphatic rings. The highest BCUT2D eigenvalue weighted by Gasteiger charge is 2.23. The Kier molecular flexibility index (Phi) is 4.32. The molecule has 110 valence electrons. The van der Waals surface area contributed by atoms with Crippen molar-refractivity contribution in [3.63, 3.8) is 0 Å². The summed E-state index contributed by atoms with van der Waals surface area (Å²) in [6, 6.07) is 15.4. The van der Waals surface area contributed by atoms with E-state index in [1.165, 1.54) is 33.4 Å². The van der Waals surface area contributed by atoms with Crippen molar-refractivity contribution in [3.05, 3.63) is 58.1 Å². The number of benzene rings is 2. The van der Waals surface area contributed by atoms with Crippen molar-refractivity contribution in [2.24, 2.45) is 5.92 Å². The summed E-state index contributed by atoms with van der Waals surface area (Å²) in [5.74, 6) is 0.670. The average molecular weight is 345 g/mol. The Hall–Kier alpha value is -1.32. The number of halogens is 1. The van der Waals surface area contributed by atoms with Crippen LogP contribution in [0.3, 0.4) is 0 Å². The van der Waals surface area contributed by atoms with Crippen LogP contribution in [0.25, 0.3) is 0 Å². The van der Waals surface area contributed by atoms with Crippen molar-refractivity contribution in [2.75, 3.05) is 18.5 Å². The normalized spacial score (nSPS) is 17.7. The van der Waals surface area contributed by atoms with E-state index in [1.807, 2.05) is 7.05 Å². The second kappa shape index (κ2) is 6.20. The van der Waals surface area contributed by atoms with E-state index in [1.54, 1.807) is 0 Å². The van der Waals surface area contributed by atoms with Crippen molar-refractivity contribution in [2.45, 2.75) is 19.9 Å². The molecule has 2 aromatic rings. The second-order valence-electron chi connectivity index (χ2n) is 5.86. The third-order valence-corrected chi connectivity index (χ3v) is 4.66. The minimum absolute atomic E-state index is 0.670. The molecule has 0 amide bonds. The van der Waals surface area contributed by atoms with Gasteiger partial charge in [0, 0.05) is 23.2 Å². The summed E-state index contributed by atoms with van der Waals surface area (Å²) >= 11 is 3.76. The van der Waals surface area contributed by atoms with Crippen LogP contribution in [0.2, 0.25) is 0 Å². The highest BCUT2D eigenvalue weighted by atomic mass is 79.9. The quantitative estimate of drug-likeness (QED) is 0.881. The number of hydrogen-bond donors (Lipinski definition) is 1. The van der Waals surface area contributed by atoms with Gasteiger partial charge in [-0.2, -0.15) is 0 Å². The van der Waals surface area contributed by atoms with E-state index in [4.69, 9.17) is 0 Å². The van der Waals surface area contributed by atoms with E-state index in [0.29, 0.717) is 5.92 Å². The fraction of sp³-hybridized carbons (Fsp3) is 0.333. The Morgan fingerprint density at radius 1 is 1.19 bits per heavy atom. The average Bonchev–Trinajstić information content (AvgIpc) is 2.47. The molecule has 21 heavy (non-hydrogen) atoms. The number of hydrogen-bond acceptors (Lipinski definition) is 2. The SMILES string of the molecule is CNCc1ccc(N2CC(C)Cc3ccccc32)c(Br)c1. The third-order valence-electron chi connectivity index (χ3n) is 4.03. The first-order valence-electron chi connectivity index (χ1n) is 7.47. The summed E-state index contributed by atoms with van der Waals surface area (Å²) in [6.07, 6.45) is 1.17. The third kappa shape index (κ3) is 2.99. The standard InChI is InChI=1S/C18H21BrN2/c1-13-9-15-5-3-4-6-17(15)21(12-13)18-8-7-14(11-20-2)10-16(18)19/h3-8,10,13,20H,9,11-12H2,1-2H3. The highest BCUT2D eigenvalue weighted by molar-refractivity contribution is 9.10. The molecule has 1 atom stereocenters. The minimum Gasteiger partial charge on any atom is -0.340 e.